The molecule has 196 valence electrons. The Bertz CT molecular complexity index is 695. The topological polar surface area (TPSA) is 80.9 Å². The van der Waals surface area contributed by atoms with Crippen LogP contribution in [0.4, 0.5) is 0 Å². The van der Waals surface area contributed by atoms with Crippen molar-refractivity contribution >= 4 is 0 Å². The Balaban J connectivity index is 3.46. The summed E-state index contributed by atoms with van der Waals surface area (Å²) in [5, 5.41) is 38.1. The maximum atomic E-state index is 9.98. The van der Waals surface area contributed by atoms with Crippen LogP contribution in [0.25, 0.3) is 0 Å². The van der Waals surface area contributed by atoms with E-state index in [1.165, 1.54) is 70.6 Å². The van der Waals surface area contributed by atoms with E-state index in [1.54, 1.807) is 6.08 Å². The van der Waals surface area contributed by atoms with E-state index in [4.69, 9.17) is 11.5 Å². The fraction of sp³-hybridized carbons (Fsp3) is 0.677. The molecule has 0 aliphatic carbocycles. The van der Waals surface area contributed by atoms with Crippen LogP contribution in [0.5, 0.6) is 0 Å². The highest BCUT2D eigenvalue weighted by molar-refractivity contribution is 5.27. The van der Waals surface area contributed by atoms with Gasteiger partial charge in [0.2, 0.25) is 0 Å². The molecule has 0 amide bonds. The average Bonchev–Trinajstić information content (AvgIpc) is 2.86. The Morgan fingerprint density at radius 3 is 1.63 bits per heavy atom. The molecule has 0 rings (SSSR count). The fourth-order valence-electron chi connectivity index (χ4n) is 3.78. The SMILES string of the molecule is C#CC=CCCCCCCCCCCC=CCCCCCCC[C@H](O)[C@@H](O)[C@H](O)C#CC#CCO. The molecule has 0 aliphatic heterocycles. The molecule has 0 unspecified atom stereocenters. The van der Waals surface area contributed by atoms with Crippen LogP contribution in [-0.2, 0) is 0 Å². The number of hydrogen-bond donors (Lipinski definition) is 4. The first-order valence-electron chi connectivity index (χ1n) is 13.5. The van der Waals surface area contributed by atoms with E-state index >= 15 is 0 Å². The summed E-state index contributed by atoms with van der Waals surface area (Å²) in [7, 11) is 0. The minimum atomic E-state index is -1.34. The monoisotopic (exact) mass is 484 g/mol. The van der Waals surface area contributed by atoms with Gasteiger partial charge in [0.1, 0.15) is 18.8 Å². The summed E-state index contributed by atoms with van der Waals surface area (Å²) in [6.07, 6.45) is 29.8. The van der Waals surface area contributed by atoms with E-state index in [0.717, 1.165) is 32.1 Å². The summed E-state index contributed by atoms with van der Waals surface area (Å²) in [5.74, 6) is 11.9. The van der Waals surface area contributed by atoms with Gasteiger partial charge < -0.3 is 20.4 Å². The molecule has 0 radical (unpaired) electrons. The molecule has 35 heavy (non-hydrogen) atoms. The summed E-state index contributed by atoms with van der Waals surface area (Å²) >= 11 is 0. The van der Waals surface area contributed by atoms with Crippen LogP contribution in [0.2, 0.25) is 0 Å². The number of hydrogen-bond acceptors (Lipinski definition) is 4. The molecule has 0 aromatic rings. The van der Waals surface area contributed by atoms with Gasteiger partial charge in [0, 0.05) is 0 Å². The van der Waals surface area contributed by atoms with Crippen LogP contribution in [0.3, 0.4) is 0 Å². The highest BCUT2D eigenvalue weighted by Crippen LogP contribution is 2.13. The Hall–Kier alpha value is -2.00. The molecule has 0 saturated carbocycles. The molecular weight excluding hydrogens is 436 g/mol. The largest absolute Gasteiger partial charge is 0.390 e. The van der Waals surface area contributed by atoms with Crippen molar-refractivity contribution in [1.82, 2.24) is 0 Å². The van der Waals surface area contributed by atoms with E-state index in [2.05, 4.69) is 47.8 Å². The normalized spacial score (nSPS) is 13.6. The van der Waals surface area contributed by atoms with Crippen LogP contribution in [-0.4, -0.2) is 45.3 Å². The number of allylic oxidation sites excluding steroid dienone is 4. The Morgan fingerprint density at radius 1 is 0.629 bits per heavy atom. The number of aliphatic hydroxyl groups excluding tert-OH is 4. The Kier molecular flexibility index (Phi) is 25.1. The Labute approximate surface area is 214 Å². The quantitative estimate of drug-likeness (QED) is 0.0993. The standard InChI is InChI=1S/C31H48O4/c1-2-3-4-5-6-7-8-9-10-11-12-13-14-15-16-17-18-19-20-21-23-26-29(33)31(35)30(34)27-24-22-25-28-32/h1,3-4,15-16,29-35H,5-14,17-21,23,26,28H2/t29-,30+,31+/m0/s1. The van der Waals surface area contributed by atoms with Crippen LogP contribution in [0, 0.1) is 36.0 Å². The van der Waals surface area contributed by atoms with Gasteiger partial charge in [0.15, 0.2) is 0 Å². The van der Waals surface area contributed by atoms with Crippen LogP contribution >= 0.6 is 0 Å². The maximum absolute atomic E-state index is 9.98. The summed E-state index contributed by atoms with van der Waals surface area (Å²) in [4.78, 5) is 0. The van der Waals surface area contributed by atoms with E-state index in [9.17, 15) is 15.3 Å². The van der Waals surface area contributed by atoms with Crippen molar-refractivity contribution in [3.8, 4) is 36.0 Å². The lowest BCUT2D eigenvalue weighted by molar-refractivity contribution is -0.0415. The van der Waals surface area contributed by atoms with Gasteiger partial charge in [-0.05, 0) is 62.9 Å². The van der Waals surface area contributed by atoms with E-state index < -0.39 is 18.3 Å². The molecule has 0 aromatic heterocycles. The van der Waals surface area contributed by atoms with Gasteiger partial charge in [0.05, 0.1) is 6.10 Å². The second-order valence-electron chi connectivity index (χ2n) is 9.02. The predicted octanol–water partition coefficient (Wildman–Crippen LogP) is 5.45. The molecule has 4 heteroatoms. The molecule has 4 nitrogen and oxygen atoms in total. The van der Waals surface area contributed by atoms with Crippen molar-refractivity contribution in [2.45, 2.75) is 127 Å². The van der Waals surface area contributed by atoms with Gasteiger partial charge in [-0.15, -0.1) is 6.42 Å². The van der Waals surface area contributed by atoms with Crippen molar-refractivity contribution < 1.29 is 20.4 Å². The van der Waals surface area contributed by atoms with E-state index in [0.29, 0.717) is 6.42 Å². The zero-order chi connectivity index (χ0) is 25.8. The number of unbranched alkanes of at least 4 members (excludes halogenated alkanes) is 14. The van der Waals surface area contributed by atoms with Gasteiger partial charge >= 0.3 is 0 Å². The van der Waals surface area contributed by atoms with Crippen molar-refractivity contribution in [2.75, 3.05) is 6.61 Å². The fourth-order valence-corrected chi connectivity index (χ4v) is 3.78. The average molecular weight is 485 g/mol. The van der Waals surface area contributed by atoms with Crippen molar-refractivity contribution in [3.63, 3.8) is 0 Å². The van der Waals surface area contributed by atoms with Crippen LogP contribution in [0.15, 0.2) is 24.3 Å². The molecule has 0 spiro atoms. The zero-order valence-corrected chi connectivity index (χ0v) is 21.6. The smallest absolute Gasteiger partial charge is 0.144 e. The van der Waals surface area contributed by atoms with Crippen molar-refractivity contribution in [3.05, 3.63) is 24.3 Å². The second-order valence-corrected chi connectivity index (χ2v) is 9.02. The summed E-state index contributed by atoms with van der Waals surface area (Å²) < 4.78 is 0. The highest BCUT2D eigenvalue weighted by Gasteiger charge is 2.22. The van der Waals surface area contributed by atoms with Crippen molar-refractivity contribution in [1.29, 1.82) is 0 Å². The lowest BCUT2D eigenvalue weighted by Crippen LogP contribution is -2.36. The number of aliphatic hydroxyl groups is 4. The van der Waals surface area contributed by atoms with Crippen LogP contribution in [0.1, 0.15) is 109 Å². The minimum Gasteiger partial charge on any atom is -0.390 e. The molecular formula is C31H48O4. The van der Waals surface area contributed by atoms with Gasteiger partial charge in [-0.1, -0.05) is 100 Å². The van der Waals surface area contributed by atoms with Gasteiger partial charge in [0.25, 0.3) is 0 Å². The zero-order valence-electron chi connectivity index (χ0n) is 21.6. The third-order valence-corrected chi connectivity index (χ3v) is 5.91. The minimum absolute atomic E-state index is 0.304. The van der Waals surface area contributed by atoms with E-state index in [-0.39, 0.29) is 6.61 Å². The van der Waals surface area contributed by atoms with Crippen molar-refractivity contribution in [2.24, 2.45) is 0 Å². The number of rotatable bonds is 21. The predicted molar refractivity (Wildman–Crippen MR) is 146 cm³/mol. The molecule has 3 atom stereocenters. The highest BCUT2D eigenvalue weighted by atomic mass is 16.4. The maximum Gasteiger partial charge on any atom is 0.144 e. The Morgan fingerprint density at radius 2 is 1.11 bits per heavy atom. The third kappa shape index (κ3) is 23.5. The molecule has 0 aromatic carbocycles. The molecule has 0 aliphatic rings. The lowest BCUT2D eigenvalue weighted by Gasteiger charge is -2.19. The summed E-state index contributed by atoms with van der Waals surface area (Å²) in [6.45, 7) is -0.304. The molecule has 0 fully saturated rings. The first-order chi connectivity index (χ1) is 17.1. The van der Waals surface area contributed by atoms with E-state index in [1.807, 2.05) is 0 Å². The second kappa shape index (κ2) is 26.6. The third-order valence-electron chi connectivity index (χ3n) is 5.91. The van der Waals surface area contributed by atoms with Gasteiger partial charge in [-0.3, -0.25) is 0 Å². The molecule has 0 saturated heterocycles. The summed E-state index contributed by atoms with van der Waals surface area (Å²) in [6, 6.07) is 0. The molecule has 0 heterocycles. The van der Waals surface area contributed by atoms with Gasteiger partial charge in [-0.25, -0.2) is 0 Å². The molecule has 0 bridgehead atoms. The number of terminal acetylenes is 1. The first kappa shape index (κ1) is 33.0. The van der Waals surface area contributed by atoms with Gasteiger partial charge in [-0.2, -0.15) is 0 Å². The lowest BCUT2D eigenvalue weighted by atomic mass is 10.0. The molecule has 4 N–H and O–H groups in total. The van der Waals surface area contributed by atoms with Crippen LogP contribution < -0.4 is 0 Å². The summed E-state index contributed by atoms with van der Waals surface area (Å²) in [5.41, 5.74) is 0. The first-order valence-corrected chi connectivity index (χ1v) is 13.5.